The maximum absolute atomic E-state index is 4.96. The molecule has 0 bridgehead atoms. The van der Waals surface area contributed by atoms with Gasteiger partial charge in [-0.2, -0.15) is 0 Å². The van der Waals surface area contributed by atoms with Crippen LogP contribution in [0.1, 0.15) is 25.7 Å². The van der Waals surface area contributed by atoms with Crippen LogP contribution in [0.5, 0.6) is 0 Å². The van der Waals surface area contributed by atoms with Crippen LogP contribution >= 0.6 is 21.6 Å². The van der Waals surface area contributed by atoms with E-state index in [4.69, 9.17) is 4.74 Å². The van der Waals surface area contributed by atoms with Gasteiger partial charge in [0.25, 0.3) is 0 Å². The van der Waals surface area contributed by atoms with E-state index in [1.165, 1.54) is 31.4 Å². The molecule has 0 fully saturated rings. The van der Waals surface area contributed by atoms with E-state index in [2.05, 4.69) is 6.26 Å². The van der Waals surface area contributed by atoms with E-state index in [0.29, 0.717) is 0 Å². The first-order valence-electron chi connectivity index (χ1n) is 4.06. The van der Waals surface area contributed by atoms with Crippen molar-refractivity contribution in [2.24, 2.45) is 0 Å². The average Bonchev–Trinajstić information content (AvgIpc) is 2.03. The Morgan fingerprint density at radius 2 is 1.82 bits per heavy atom. The number of unbranched alkanes of at least 4 members (excludes halogenated alkanes) is 3. The van der Waals surface area contributed by atoms with Gasteiger partial charge in [0, 0.05) is 19.5 Å². The third-order valence-electron chi connectivity index (χ3n) is 1.44. The molecule has 0 aliphatic heterocycles. The van der Waals surface area contributed by atoms with E-state index in [-0.39, 0.29) is 0 Å². The van der Waals surface area contributed by atoms with Crippen molar-refractivity contribution >= 4 is 21.6 Å². The van der Waals surface area contributed by atoms with Gasteiger partial charge in [-0.25, -0.2) is 0 Å². The van der Waals surface area contributed by atoms with Crippen LogP contribution in [0, 0.1) is 0 Å². The van der Waals surface area contributed by atoms with Gasteiger partial charge >= 0.3 is 0 Å². The number of hydrogen-bond donors (Lipinski definition) is 0. The van der Waals surface area contributed by atoms with Crippen molar-refractivity contribution in [1.29, 1.82) is 0 Å². The lowest BCUT2D eigenvalue weighted by atomic mass is 10.2. The Morgan fingerprint density at radius 1 is 1.09 bits per heavy atom. The summed E-state index contributed by atoms with van der Waals surface area (Å²) in [5.74, 6) is 1.30. The molecule has 0 aromatic rings. The van der Waals surface area contributed by atoms with Crippen molar-refractivity contribution < 1.29 is 4.74 Å². The Bertz CT molecular complexity index is 61.1. The minimum Gasteiger partial charge on any atom is -0.385 e. The quantitative estimate of drug-likeness (QED) is 0.434. The zero-order chi connectivity index (χ0) is 8.36. The molecule has 0 aromatic carbocycles. The van der Waals surface area contributed by atoms with E-state index < -0.39 is 0 Å². The van der Waals surface area contributed by atoms with Crippen LogP contribution in [0.3, 0.4) is 0 Å². The highest BCUT2D eigenvalue weighted by atomic mass is 33.1. The minimum atomic E-state index is 0.926. The molecule has 0 radical (unpaired) electrons. The molecule has 0 unspecified atom stereocenters. The second kappa shape index (κ2) is 10.7. The normalized spacial score (nSPS) is 10.4. The monoisotopic (exact) mass is 194 g/mol. The van der Waals surface area contributed by atoms with E-state index in [9.17, 15) is 0 Å². The van der Waals surface area contributed by atoms with Crippen LogP contribution in [-0.4, -0.2) is 25.7 Å². The molecule has 0 saturated carbocycles. The summed E-state index contributed by atoms with van der Waals surface area (Å²) in [4.78, 5) is 0. The van der Waals surface area contributed by atoms with Crippen molar-refractivity contribution in [2.45, 2.75) is 25.7 Å². The fourth-order valence-electron chi connectivity index (χ4n) is 0.844. The molecule has 0 heterocycles. The van der Waals surface area contributed by atoms with Crippen molar-refractivity contribution in [2.75, 3.05) is 25.7 Å². The van der Waals surface area contributed by atoms with Crippen LogP contribution in [-0.2, 0) is 4.74 Å². The van der Waals surface area contributed by atoms with E-state index >= 15 is 0 Å². The van der Waals surface area contributed by atoms with Gasteiger partial charge in [-0.3, -0.25) is 0 Å². The molecule has 1 nitrogen and oxygen atoms in total. The number of ether oxygens (including phenoxy) is 1. The molecule has 11 heavy (non-hydrogen) atoms. The zero-order valence-electron chi connectivity index (χ0n) is 7.47. The third kappa shape index (κ3) is 10.7. The Hall–Kier alpha value is 0.660. The van der Waals surface area contributed by atoms with Crippen LogP contribution in [0.4, 0.5) is 0 Å². The predicted molar refractivity (Wildman–Crippen MR) is 56.3 cm³/mol. The van der Waals surface area contributed by atoms with Crippen molar-refractivity contribution in [3.63, 3.8) is 0 Å². The molecule has 68 valence electrons. The lowest BCUT2D eigenvalue weighted by Gasteiger charge is -1.99. The molecular weight excluding hydrogens is 176 g/mol. The molecule has 3 heteroatoms. The third-order valence-corrected chi connectivity index (χ3v) is 3.34. The van der Waals surface area contributed by atoms with E-state index in [1.807, 2.05) is 21.6 Å². The number of hydrogen-bond acceptors (Lipinski definition) is 3. The summed E-state index contributed by atoms with van der Waals surface area (Å²) in [5.41, 5.74) is 0. The molecule has 0 rings (SSSR count). The van der Waals surface area contributed by atoms with Gasteiger partial charge in [-0.05, 0) is 19.1 Å². The largest absolute Gasteiger partial charge is 0.385 e. The molecule has 0 saturated heterocycles. The smallest absolute Gasteiger partial charge is 0.0462 e. The second-order valence-corrected chi connectivity index (χ2v) is 5.08. The Morgan fingerprint density at radius 3 is 2.45 bits per heavy atom. The lowest BCUT2D eigenvalue weighted by Crippen LogP contribution is -1.88. The highest BCUT2D eigenvalue weighted by Crippen LogP contribution is 2.18. The maximum atomic E-state index is 4.96. The molecule has 0 aromatic heterocycles. The van der Waals surface area contributed by atoms with Gasteiger partial charge in [-0.1, -0.05) is 34.4 Å². The first-order chi connectivity index (χ1) is 5.41. The summed E-state index contributed by atoms with van der Waals surface area (Å²) in [6.45, 7) is 0.926. The molecule has 0 N–H and O–H groups in total. The topological polar surface area (TPSA) is 9.23 Å². The van der Waals surface area contributed by atoms with Gasteiger partial charge in [0.1, 0.15) is 0 Å². The SMILES string of the molecule is COCCCCCCSSC. The zero-order valence-corrected chi connectivity index (χ0v) is 9.10. The Labute approximate surface area is 78.1 Å². The van der Waals surface area contributed by atoms with Crippen molar-refractivity contribution in [3.8, 4) is 0 Å². The van der Waals surface area contributed by atoms with Gasteiger partial charge in [-0.15, -0.1) is 0 Å². The van der Waals surface area contributed by atoms with Crippen LogP contribution in [0.2, 0.25) is 0 Å². The molecule has 0 atom stereocenters. The minimum absolute atomic E-state index is 0.926. The number of methoxy groups -OCH3 is 1. The summed E-state index contributed by atoms with van der Waals surface area (Å²) >= 11 is 0. The first kappa shape index (κ1) is 11.7. The number of rotatable bonds is 8. The highest BCUT2D eigenvalue weighted by Gasteiger charge is 1.89. The van der Waals surface area contributed by atoms with Crippen molar-refractivity contribution in [3.05, 3.63) is 0 Å². The summed E-state index contributed by atoms with van der Waals surface area (Å²) in [6.07, 6.45) is 7.39. The first-order valence-corrected chi connectivity index (χ1v) is 6.79. The van der Waals surface area contributed by atoms with Gasteiger partial charge in [0.15, 0.2) is 0 Å². The molecule has 0 spiro atoms. The standard InChI is InChI=1S/C8H18OS2/c1-9-7-5-3-4-6-8-11-10-2/h3-8H2,1-2H3. The molecular formula is C8H18OS2. The Kier molecular flexibility index (Phi) is 11.3. The van der Waals surface area contributed by atoms with Crippen LogP contribution < -0.4 is 0 Å². The average molecular weight is 194 g/mol. The van der Waals surface area contributed by atoms with Gasteiger partial charge in [0.2, 0.25) is 0 Å². The summed E-state index contributed by atoms with van der Waals surface area (Å²) < 4.78 is 4.96. The summed E-state index contributed by atoms with van der Waals surface area (Å²) in [6, 6.07) is 0. The van der Waals surface area contributed by atoms with Crippen molar-refractivity contribution in [1.82, 2.24) is 0 Å². The van der Waals surface area contributed by atoms with Gasteiger partial charge < -0.3 is 4.74 Å². The van der Waals surface area contributed by atoms with Crippen LogP contribution in [0.15, 0.2) is 0 Å². The second-order valence-electron chi connectivity index (χ2n) is 2.40. The fourth-order valence-corrected chi connectivity index (χ4v) is 2.19. The van der Waals surface area contributed by atoms with Crippen LogP contribution in [0.25, 0.3) is 0 Å². The molecule has 0 aliphatic carbocycles. The maximum Gasteiger partial charge on any atom is 0.0462 e. The molecule has 0 aliphatic rings. The Balaban J connectivity index is 2.69. The summed E-state index contributed by atoms with van der Waals surface area (Å²) in [5, 5.41) is 0. The summed E-state index contributed by atoms with van der Waals surface area (Å²) in [7, 11) is 5.59. The predicted octanol–water partition coefficient (Wildman–Crippen LogP) is 3.20. The van der Waals surface area contributed by atoms with E-state index in [0.717, 1.165) is 6.61 Å². The van der Waals surface area contributed by atoms with Gasteiger partial charge in [0.05, 0.1) is 0 Å². The fraction of sp³-hybridized carbons (Fsp3) is 1.00. The van der Waals surface area contributed by atoms with E-state index in [1.54, 1.807) is 7.11 Å². The lowest BCUT2D eigenvalue weighted by molar-refractivity contribution is 0.192. The molecule has 0 amide bonds. The highest BCUT2D eigenvalue weighted by molar-refractivity contribution is 8.76.